The van der Waals surface area contributed by atoms with E-state index in [1.165, 1.54) is 29.5 Å². The Labute approximate surface area is 99.6 Å². The highest BCUT2D eigenvalue weighted by Crippen LogP contribution is 2.21. The van der Waals surface area contributed by atoms with E-state index < -0.39 is 5.82 Å². The lowest BCUT2D eigenvalue weighted by molar-refractivity contribution is 0.629. The average molecular weight is 246 g/mol. The van der Waals surface area contributed by atoms with Crippen molar-refractivity contribution in [2.75, 3.05) is 0 Å². The molecule has 0 aliphatic carbocycles. The molecule has 0 atom stereocenters. The molecule has 0 saturated heterocycles. The van der Waals surface area contributed by atoms with Gasteiger partial charge in [-0.2, -0.15) is 0 Å². The van der Waals surface area contributed by atoms with Crippen LogP contribution >= 0.6 is 11.3 Å². The molecule has 0 saturated carbocycles. The van der Waals surface area contributed by atoms with Crippen LogP contribution in [0.1, 0.15) is 0 Å². The van der Waals surface area contributed by atoms with Crippen LogP contribution in [0.15, 0.2) is 40.5 Å². The monoisotopic (exact) mass is 246 g/mol. The number of halogens is 1. The van der Waals surface area contributed by atoms with Crippen molar-refractivity contribution in [2.24, 2.45) is 0 Å². The van der Waals surface area contributed by atoms with Gasteiger partial charge in [0.05, 0.1) is 15.8 Å². The summed E-state index contributed by atoms with van der Waals surface area (Å²) in [6.07, 6.45) is 0. The molecule has 0 radical (unpaired) electrons. The molecule has 3 nitrogen and oxygen atoms in total. The first-order valence-electron chi connectivity index (χ1n) is 4.97. The molecule has 0 aliphatic heterocycles. The lowest BCUT2D eigenvalue weighted by atomic mass is 10.2. The van der Waals surface area contributed by atoms with Gasteiger partial charge in [-0.1, -0.05) is 6.07 Å². The Kier molecular flexibility index (Phi) is 2.26. The molecule has 1 aromatic carbocycles. The fourth-order valence-electron chi connectivity index (χ4n) is 1.64. The average Bonchev–Trinajstić information content (AvgIpc) is 2.83. The summed E-state index contributed by atoms with van der Waals surface area (Å²) in [7, 11) is 0. The Morgan fingerprint density at radius 1 is 1.29 bits per heavy atom. The summed E-state index contributed by atoms with van der Waals surface area (Å²) in [5, 5.41) is 2.18. The van der Waals surface area contributed by atoms with Crippen molar-refractivity contribution in [3.05, 3.63) is 51.9 Å². The van der Waals surface area contributed by atoms with Gasteiger partial charge in [0.25, 0.3) is 5.56 Å². The standard InChI is InChI=1S/C12H7FN2OS/c13-7-3-4-9-8(6-7)12(16)15-11(14-9)10-2-1-5-17-10/h1-6H,(H,14,15,16). The van der Waals surface area contributed by atoms with Gasteiger partial charge in [-0.25, -0.2) is 9.37 Å². The third kappa shape index (κ3) is 1.74. The molecular formula is C12H7FN2OS. The van der Waals surface area contributed by atoms with Crippen LogP contribution < -0.4 is 5.56 Å². The summed E-state index contributed by atoms with van der Waals surface area (Å²) in [6.45, 7) is 0. The Balaban J connectivity index is 2.32. The molecule has 0 unspecified atom stereocenters. The Morgan fingerprint density at radius 3 is 2.94 bits per heavy atom. The lowest BCUT2D eigenvalue weighted by Gasteiger charge is -2.00. The zero-order valence-corrected chi connectivity index (χ0v) is 9.42. The topological polar surface area (TPSA) is 45.8 Å². The van der Waals surface area contributed by atoms with E-state index in [4.69, 9.17) is 0 Å². The van der Waals surface area contributed by atoms with Crippen molar-refractivity contribution in [3.8, 4) is 10.7 Å². The van der Waals surface area contributed by atoms with E-state index >= 15 is 0 Å². The molecule has 2 aromatic heterocycles. The van der Waals surface area contributed by atoms with Crippen molar-refractivity contribution in [2.45, 2.75) is 0 Å². The number of rotatable bonds is 1. The normalized spacial score (nSPS) is 10.9. The largest absolute Gasteiger partial charge is 0.305 e. The van der Waals surface area contributed by atoms with Crippen LogP contribution in [0.4, 0.5) is 4.39 Å². The molecule has 5 heteroatoms. The van der Waals surface area contributed by atoms with Gasteiger partial charge < -0.3 is 4.98 Å². The maximum absolute atomic E-state index is 13.0. The predicted molar refractivity (Wildman–Crippen MR) is 65.6 cm³/mol. The maximum Gasteiger partial charge on any atom is 0.259 e. The fraction of sp³-hybridized carbons (Fsp3) is 0. The third-order valence-corrected chi connectivity index (χ3v) is 3.30. The van der Waals surface area contributed by atoms with Crippen LogP contribution in [-0.2, 0) is 0 Å². The van der Waals surface area contributed by atoms with Crippen molar-refractivity contribution in [3.63, 3.8) is 0 Å². The fourth-order valence-corrected chi connectivity index (χ4v) is 2.31. The molecule has 1 N–H and O–H groups in total. The van der Waals surface area contributed by atoms with Crippen LogP contribution in [0.3, 0.4) is 0 Å². The molecule has 84 valence electrons. The third-order valence-electron chi connectivity index (χ3n) is 2.42. The summed E-state index contributed by atoms with van der Waals surface area (Å²) in [5.41, 5.74) is 0.177. The van der Waals surface area contributed by atoms with Crippen LogP contribution in [0.5, 0.6) is 0 Å². The number of aromatic nitrogens is 2. The minimum Gasteiger partial charge on any atom is -0.305 e. The summed E-state index contributed by atoms with van der Waals surface area (Å²) in [4.78, 5) is 19.6. The van der Waals surface area contributed by atoms with Gasteiger partial charge in [0, 0.05) is 0 Å². The summed E-state index contributed by atoms with van der Waals surface area (Å²) >= 11 is 1.49. The predicted octanol–water partition coefficient (Wildman–Crippen LogP) is 2.79. The molecule has 17 heavy (non-hydrogen) atoms. The number of hydrogen-bond acceptors (Lipinski definition) is 3. The number of aromatic amines is 1. The van der Waals surface area contributed by atoms with Crippen LogP contribution in [0, 0.1) is 5.82 Å². The van der Waals surface area contributed by atoms with Gasteiger partial charge in [-0.15, -0.1) is 11.3 Å². The second-order valence-electron chi connectivity index (χ2n) is 3.55. The summed E-state index contributed by atoms with van der Waals surface area (Å²) in [6, 6.07) is 7.76. The lowest BCUT2D eigenvalue weighted by Crippen LogP contribution is -2.09. The van der Waals surface area contributed by atoms with E-state index in [1.54, 1.807) is 0 Å². The van der Waals surface area contributed by atoms with Crippen molar-refractivity contribution in [1.29, 1.82) is 0 Å². The minimum atomic E-state index is -0.436. The van der Waals surface area contributed by atoms with E-state index in [-0.39, 0.29) is 10.9 Å². The van der Waals surface area contributed by atoms with E-state index in [0.717, 1.165) is 4.88 Å². The quantitative estimate of drug-likeness (QED) is 0.717. The maximum atomic E-state index is 13.0. The molecule has 0 amide bonds. The number of nitrogens with zero attached hydrogens (tertiary/aromatic N) is 1. The number of nitrogens with one attached hydrogen (secondary N) is 1. The Morgan fingerprint density at radius 2 is 2.18 bits per heavy atom. The molecule has 3 aromatic rings. The zero-order valence-electron chi connectivity index (χ0n) is 8.61. The number of benzene rings is 1. The molecular weight excluding hydrogens is 239 g/mol. The number of thiophene rings is 1. The zero-order chi connectivity index (χ0) is 11.8. The highest BCUT2D eigenvalue weighted by atomic mass is 32.1. The molecule has 0 bridgehead atoms. The van der Waals surface area contributed by atoms with Crippen molar-refractivity contribution >= 4 is 22.2 Å². The number of fused-ring (bicyclic) bond motifs is 1. The van der Waals surface area contributed by atoms with Gasteiger partial charge in [0.15, 0.2) is 5.82 Å². The van der Waals surface area contributed by atoms with Crippen molar-refractivity contribution in [1.82, 2.24) is 9.97 Å². The van der Waals surface area contributed by atoms with Crippen molar-refractivity contribution < 1.29 is 4.39 Å². The highest BCUT2D eigenvalue weighted by molar-refractivity contribution is 7.13. The SMILES string of the molecule is O=c1[nH]c(-c2cccs2)nc2ccc(F)cc12. The van der Waals surface area contributed by atoms with E-state index in [2.05, 4.69) is 9.97 Å². The molecule has 3 rings (SSSR count). The second kappa shape index (κ2) is 3.78. The van der Waals surface area contributed by atoms with E-state index in [9.17, 15) is 9.18 Å². The van der Waals surface area contributed by atoms with E-state index in [1.807, 2.05) is 17.5 Å². The smallest absolute Gasteiger partial charge is 0.259 e. The number of H-pyrrole nitrogens is 1. The molecule has 0 fully saturated rings. The van der Waals surface area contributed by atoms with Gasteiger partial charge in [0.2, 0.25) is 0 Å². The van der Waals surface area contributed by atoms with Crippen LogP contribution in [0.25, 0.3) is 21.6 Å². The van der Waals surface area contributed by atoms with Gasteiger partial charge in [0.1, 0.15) is 5.82 Å². The second-order valence-corrected chi connectivity index (χ2v) is 4.50. The number of hydrogen-bond donors (Lipinski definition) is 1. The van der Waals surface area contributed by atoms with Crippen LogP contribution in [0.2, 0.25) is 0 Å². The van der Waals surface area contributed by atoms with Gasteiger partial charge in [-0.05, 0) is 29.6 Å². The van der Waals surface area contributed by atoms with E-state index in [0.29, 0.717) is 11.3 Å². The molecule has 0 spiro atoms. The first kappa shape index (κ1) is 10.2. The Bertz CT molecular complexity index is 734. The highest BCUT2D eigenvalue weighted by Gasteiger charge is 2.07. The molecule has 0 aliphatic rings. The van der Waals surface area contributed by atoms with Gasteiger partial charge >= 0.3 is 0 Å². The van der Waals surface area contributed by atoms with Gasteiger partial charge in [-0.3, -0.25) is 4.79 Å². The summed E-state index contributed by atoms with van der Waals surface area (Å²) < 4.78 is 13.0. The Hall–Kier alpha value is -2.01. The minimum absolute atomic E-state index is 0.269. The first-order chi connectivity index (χ1) is 8.24. The van der Waals surface area contributed by atoms with Crippen LogP contribution in [-0.4, -0.2) is 9.97 Å². The first-order valence-corrected chi connectivity index (χ1v) is 5.85. The summed E-state index contributed by atoms with van der Waals surface area (Å²) in [5.74, 6) is 0.0813. The molecule has 2 heterocycles.